The molecule has 2 aromatic carbocycles. The second kappa shape index (κ2) is 9.67. The van der Waals surface area contributed by atoms with Gasteiger partial charge >= 0.3 is 0 Å². The minimum absolute atomic E-state index is 0.155. The molecule has 7 nitrogen and oxygen atoms in total. The molecule has 6 rings (SSSR count). The number of halogens is 1. The Morgan fingerprint density at radius 2 is 1.92 bits per heavy atom. The molecule has 3 heterocycles. The highest BCUT2D eigenvalue weighted by atomic mass is 35.5. The van der Waals surface area contributed by atoms with Crippen LogP contribution in [-0.4, -0.2) is 25.5 Å². The fraction of sp³-hybridized carbons (Fsp3) is 0.172. The molecule has 1 aliphatic rings. The van der Waals surface area contributed by atoms with Crippen LogP contribution in [0.2, 0.25) is 5.02 Å². The third kappa shape index (κ3) is 4.90. The molecule has 0 aliphatic heterocycles. The van der Waals surface area contributed by atoms with E-state index in [4.69, 9.17) is 21.7 Å². The van der Waals surface area contributed by atoms with Gasteiger partial charge in [-0.2, -0.15) is 9.61 Å². The Labute approximate surface area is 219 Å². The number of amides is 1. The molecule has 0 saturated heterocycles. The summed E-state index contributed by atoms with van der Waals surface area (Å²) in [6, 6.07) is 21.0. The zero-order valence-corrected chi connectivity index (χ0v) is 21.0. The standard InChI is InChI=1S/C29H25ClN6O/c1-18-4-2-6-24(30)23(18)17-32-29(37)20-9-11-22(12-10-20)33-27-14-25(21-5-3-13-31-16-21)34-28-15-26(19-7-8-19)35-36(27)28/h2-6,9-16,19,33H,7-8,17H2,1H3,(H,32,37). The normalized spacial score (nSPS) is 13.0. The van der Waals surface area contributed by atoms with E-state index in [1.54, 1.807) is 24.5 Å². The lowest BCUT2D eigenvalue weighted by atomic mass is 10.1. The van der Waals surface area contributed by atoms with Crippen LogP contribution in [0, 0.1) is 6.92 Å². The molecule has 0 bridgehead atoms. The molecule has 184 valence electrons. The van der Waals surface area contributed by atoms with Crippen molar-refractivity contribution in [2.75, 3.05) is 5.32 Å². The summed E-state index contributed by atoms with van der Waals surface area (Å²) in [5, 5.41) is 11.9. The number of rotatable bonds is 7. The van der Waals surface area contributed by atoms with Gasteiger partial charge in [0.05, 0.1) is 11.4 Å². The number of carbonyl (C=O) groups is 1. The number of nitrogens with zero attached hydrogens (tertiary/aromatic N) is 4. The second-order valence-corrected chi connectivity index (χ2v) is 9.71. The fourth-order valence-electron chi connectivity index (χ4n) is 4.34. The number of nitrogens with one attached hydrogen (secondary N) is 2. The summed E-state index contributed by atoms with van der Waals surface area (Å²) < 4.78 is 1.85. The van der Waals surface area contributed by atoms with Crippen LogP contribution in [0.3, 0.4) is 0 Å². The lowest BCUT2D eigenvalue weighted by Crippen LogP contribution is -2.23. The maximum atomic E-state index is 12.8. The van der Waals surface area contributed by atoms with Crippen LogP contribution in [0.5, 0.6) is 0 Å². The van der Waals surface area contributed by atoms with E-state index in [2.05, 4.69) is 21.7 Å². The van der Waals surface area contributed by atoms with Crippen molar-refractivity contribution in [3.05, 3.63) is 107 Å². The fourth-order valence-corrected chi connectivity index (χ4v) is 4.62. The number of hydrogen-bond donors (Lipinski definition) is 2. The number of aromatic nitrogens is 4. The zero-order valence-electron chi connectivity index (χ0n) is 20.3. The van der Waals surface area contributed by atoms with Gasteiger partial charge < -0.3 is 10.6 Å². The molecule has 0 radical (unpaired) electrons. The van der Waals surface area contributed by atoms with Crippen LogP contribution in [0.25, 0.3) is 16.9 Å². The van der Waals surface area contributed by atoms with Gasteiger partial charge in [0.15, 0.2) is 5.65 Å². The van der Waals surface area contributed by atoms with Crippen LogP contribution in [0.1, 0.15) is 45.9 Å². The van der Waals surface area contributed by atoms with Gasteiger partial charge in [-0.05, 0) is 73.4 Å². The summed E-state index contributed by atoms with van der Waals surface area (Å²) in [7, 11) is 0. The van der Waals surface area contributed by atoms with E-state index < -0.39 is 0 Å². The predicted octanol–water partition coefficient (Wildman–Crippen LogP) is 6.30. The van der Waals surface area contributed by atoms with Crippen LogP contribution in [0.15, 0.2) is 79.1 Å². The zero-order chi connectivity index (χ0) is 25.4. The molecule has 2 N–H and O–H groups in total. The molecular weight excluding hydrogens is 484 g/mol. The number of anilines is 2. The number of benzene rings is 2. The molecule has 0 spiro atoms. The average Bonchev–Trinajstić information content (AvgIpc) is 3.68. The minimum atomic E-state index is -0.155. The monoisotopic (exact) mass is 508 g/mol. The van der Waals surface area contributed by atoms with E-state index in [-0.39, 0.29) is 5.91 Å². The van der Waals surface area contributed by atoms with Gasteiger partial charge in [-0.25, -0.2) is 4.98 Å². The van der Waals surface area contributed by atoms with E-state index in [0.29, 0.717) is 23.0 Å². The van der Waals surface area contributed by atoms with Crippen molar-refractivity contribution >= 4 is 34.7 Å². The van der Waals surface area contributed by atoms with Crippen molar-refractivity contribution in [1.82, 2.24) is 24.9 Å². The highest BCUT2D eigenvalue weighted by Crippen LogP contribution is 2.40. The molecule has 37 heavy (non-hydrogen) atoms. The van der Waals surface area contributed by atoms with Gasteiger partial charge in [0.25, 0.3) is 5.91 Å². The van der Waals surface area contributed by atoms with E-state index in [1.807, 2.05) is 60.0 Å². The maximum absolute atomic E-state index is 12.8. The van der Waals surface area contributed by atoms with Crippen molar-refractivity contribution in [3.8, 4) is 11.3 Å². The highest BCUT2D eigenvalue weighted by Gasteiger charge is 2.27. The second-order valence-electron chi connectivity index (χ2n) is 9.30. The van der Waals surface area contributed by atoms with Crippen LogP contribution < -0.4 is 10.6 Å². The van der Waals surface area contributed by atoms with Crippen molar-refractivity contribution in [2.24, 2.45) is 0 Å². The first-order valence-corrected chi connectivity index (χ1v) is 12.6. The van der Waals surface area contributed by atoms with Gasteiger partial charge in [0.1, 0.15) is 5.82 Å². The Kier molecular flexibility index (Phi) is 6.06. The molecule has 5 aromatic rings. The predicted molar refractivity (Wildman–Crippen MR) is 145 cm³/mol. The van der Waals surface area contributed by atoms with E-state index in [9.17, 15) is 4.79 Å². The van der Waals surface area contributed by atoms with Gasteiger partial charge in [-0.3, -0.25) is 9.78 Å². The molecule has 1 aliphatic carbocycles. The van der Waals surface area contributed by atoms with E-state index >= 15 is 0 Å². The molecule has 1 saturated carbocycles. The first kappa shape index (κ1) is 23.2. The van der Waals surface area contributed by atoms with Crippen molar-refractivity contribution in [1.29, 1.82) is 0 Å². The molecule has 8 heteroatoms. The first-order valence-electron chi connectivity index (χ1n) is 12.3. The minimum Gasteiger partial charge on any atom is -0.348 e. The average molecular weight is 509 g/mol. The lowest BCUT2D eigenvalue weighted by molar-refractivity contribution is 0.0951. The van der Waals surface area contributed by atoms with Gasteiger partial charge in [0, 0.05) is 58.8 Å². The number of aryl methyl sites for hydroxylation is 1. The molecule has 0 atom stereocenters. The number of pyridine rings is 1. The number of hydrogen-bond acceptors (Lipinski definition) is 5. The van der Waals surface area contributed by atoms with Crippen molar-refractivity contribution < 1.29 is 4.79 Å². The molecule has 3 aromatic heterocycles. The Bertz CT molecular complexity index is 1570. The van der Waals surface area contributed by atoms with Crippen molar-refractivity contribution in [2.45, 2.75) is 32.2 Å². The Morgan fingerprint density at radius 1 is 1.08 bits per heavy atom. The van der Waals surface area contributed by atoms with Gasteiger partial charge in [-0.1, -0.05) is 23.7 Å². The van der Waals surface area contributed by atoms with Gasteiger partial charge in [-0.15, -0.1) is 0 Å². The SMILES string of the molecule is Cc1cccc(Cl)c1CNC(=O)c1ccc(Nc2cc(-c3cccnc3)nc3cc(C4CC4)nn23)cc1. The Morgan fingerprint density at radius 3 is 2.65 bits per heavy atom. The van der Waals surface area contributed by atoms with Crippen LogP contribution in [0.4, 0.5) is 11.5 Å². The molecule has 0 unspecified atom stereocenters. The lowest BCUT2D eigenvalue weighted by Gasteiger charge is -2.12. The largest absolute Gasteiger partial charge is 0.348 e. The number of fused-ring (bicyclic) bond motifs is 1. The Balaban J connectivity index is 1.24. The van der Waals surface area contributed by atoms with E-state index in [1.165, 1.54) is 12.8 Å². The van der Waals surface area contributed by atoms with Crippen LogP contribution in [-0.2, 0) is 6.54 Å². The van der Waals surface area contributed by atoms with Crippen LogP contribution >= 0.6 is 11.6 Å². The summed E-state index contributed by atoms with van der Waals surface area (Å²) in [6.45, 7) is 2.36. The quantitative estimate of drug-likeness (QED) is 0.269. The van der Waals surface area contributed by atoms with Crippen molar-refractivity contribution in [3.63, 3.8) is 0 Å². The third-order valence-corrected chi connectivity index (χ3v) is 6.95. The first-order chi connectivity index (χ1) is 18.0. The molecule has 1 fully saturated rings. The summed E-state index contributed by atoms with van der Waals surface area (Å²) in [5.74, 6) is 1.16. The highest BCUT2D eigenvalue weighted by molar-refractivity contribution is 6.31. The smallest absolute Gasteiger partial charge is 0.251 e. The summed E-state index contributed by atoms with van der Waals surface area (Å²) in [5.41, 5.74) is 6.99. The summed E-state index contributed by atoms with van der Waals surface area (Å²) in [6.07, 6.45) is 5.89. The maximum Gasteiger partial charge on any atom is 0.251 e. The molecular formula is C29H25ClN6O. The third-order valence-electron chi connectivity index (χ3n) is 6.60. The summed E-state index contributed by atoms with van der Waals surface area (Å²) >= 11 is 6.30. The van der Waals surface area contributed by atoms with E-state index in [0.717, 1.165) is 45.2 Å². The molecule has 1 amide bonds. The van der Waals surface area contributed by atoms with Gasteiger partial charge in [0.2, 0.25) is 0 Å². The Hall–Kier alpha value is -4.23. The summed E-state index contributed by atoms with van der Waals surface area (Å²) in [4.78, 5) is 21.8. The topological polar surface area (TPSA) is 84.2 Å². The number of carbonyl (C=O) groups excluding carboxylic acids is 1.